The highest BCUT2D eigenvalue weighted by Gasteiger charge is 2.26. The number of aldehydes is 1. The van der Waals surface area contributed by atoms with Crippen molar-refractivity contribution < 1.29 is 18.3 Å². The van der Waals surface area contributed by atoms with Gasteiger partial charge in [0.1, 0.15) is 11.5 Å². The van der Waals surface area contributed by atoms with Crippen molar-refractivity contribution in [1.82, 2.24) is 19.4 Å². The van der Waals surface area contributed by atoms with E-state index in [9.17, 15) is 13.6 Å². The lowest BCUT2D eigenvalue weighted by molar-refractivity contribution is -0.0498. The molecule has 1 heterocycles. The summed E-state index contributed by atoms with van der Waals surface area (Å²) >= 11 is 0. The Hall–Kier alpha value is -3.28. The molecule has 0 aliphatic heterocycles. The van der Waals surface area contributed by atoms with Crippen LogP contribution in [0.2, 0.25) is 0 Å². The molecule has 0 bridgehead atoms. The first-order chi connectivity index (χ1) is 16.8. The zero-order chi connectivity index (χ0) is 25.5. The summed E-state index contributed by atoms with van der Waals surface area (Å²) in [6.45, 7) is 5.66. The number of carbonyl (C=O) groups excluding carboxylic acids is 1. The molecule has 8 heteroatoms. The molecule has 0 aliphatic carbocycles. The molecule has 6 nitrogen and oxygen atoms in total. The molecule has 35 heavy (non-hydrogen) atoms. The van der Waals surface area contributed by atoms with Gasteiger partial charge in [-0.05, 0) is 63.9 Å². The number of hydrogen-bond acceptors (Lipinski definition) is 5. The van der Waals surface area contributed by atoms with E-state index in [1.807, 2.05) is 44.1 Å². The number of carbonyl (C=O) groups is 1. The number of fused-ring (bicyclic) bond motifs is 1. The molecule has 0 aliphatic rings. The van der Waals surface area contributed by atoms with E-state index in [1.54, 1.807) is 10.6 Å². The third-order valence-corrected chi connectivity index (χ3v) is 6.02. The second-order valence-corrected chi connectivity index (χ2v) is 8.35. The van der Waals surface area contributed by atoms with E-state index in [1.165, 1.54) is 12.1 Å². The fraction of sp³-hybridized carbons (Fsp3) is 0.407. The van der Waals surface area contributed by atoms with Crippen LogP contribution in [0.4, 0.5) is 8.78 Å². The average molecular weight is 483 g/mol. The summed E-state index contributed by atoms with van der Waals surface area (Å²) in [6.07, 6.45) is 1.37. The van der Waals surface area contributed by atoms with Crippen molar-refractivity contribution in [2.24, 2.45) is 0 Å². The van der Waals surface area contributed by atoms with Crippen LogP contribution in [0.1, 0.15) is 55.0 Å². The Kier molecular flexibility index (Phi) is 8.96. The molecular weight excluding hydrogens is 450 g/mol. The summed E-state index contributed by atoms with van der Waals surface area (Å²) in [5.74, 6) is 6.95. The number of rotatable bonds is 10. The van der Waals surface area contributed by atoms with Crippen LogP contribution in [0.5, 0.6) is 5.75 Å². The number of ether oxygens (including phenoxy) is 1. The molecule has 3 aromatic rings. The molecule has 0 amide bonds. The van der Waals surface area contributed by atoms with Crippen molar-refractivity contribution in [3.8, 4) is 23.3 Å². The van der Waals surface area contributed by atoms with Gasteiger partial charge in [-0.3, -0.25) is 19.2 Å². The first-order valence-electron chi connectivity index (χ1n) is 11.8. The minimum atomic E-state index is -3.04. The molecule has 0 unspecified atom stereocenters. The minimum Gasteiger partial charge on any atom is -0.433 e. The lowest BCUT2D eigenvalue weighted by Crippen LogP contribution is -2.23. The Morgan fingerprint density at radius 3 is 2.49 bits per heavy atom. The maximum Gasteiger partial charge on any atom is 0.387 e. The third kappa shape index (κ3) is 5.87. The van der Waals surface area contributed by atoms with Gasteiger partial charge in [0, 0.05) is 11.1 Å². The Bertz CT molecular complexity index is 1220. The van der Waals surface area contributed by atoms with Gasteiger partial charge >= 0.3 is 6.61 Å². The lowest BCUT2D eigenvalue weighted by Gasteiger charge is -2.25. The zero-order valence-electron chi connectivity index (χ0n) is 20.9. The fourth-order valence-corrected chi connectivity index (χ4v) is 4.17. The highest BCUT2D eigenvalue weighted by atomic mass is 19.3. The van der Waals surface area contributed by atoms with Crippen LogP contribution in [0.3, 0.4) is 0 Å². The number of nitrogens with zero attached hydrogens (tertiary/aromatic N) is 4. The van der Waals surface area contributed by atoms with E-state index in [0.29, 0.717) is 29.7 Å². The topological polar surface area (TPSA) is 50.6 Å². The number of halogens is 2. The molecule has 186 valence electrons. The molecule has 0 fully saturated rings. The molecule has 0 N–H and O–H groups in total. The van der Waals surface area contributed by atoms with Crippen LogP contribution in [0.15, 0.2) is 36.4 Å². The van der Waals surface area contributed by atoms with Crippen molar-refractivity contribution >= 4 is 17.3 Å². The van der Waals surface area contributed by atoms with Crippen LogP contribution in [0.25, 0.3) is 16.7 Å². The number of aromatic nitrogens is 2. The fourth-order valence-electron chi connectivity index (χ4n) is 4.17. The average Bonchev–Trinajstić information content (AvgIpc) is 3.19. The monoisotopic (exact) mass is 482 g/mol. The largest absolute Gasteiger partial charge is 0.433 e. The quantitative estimate of drug-likeness (QED) is 0.296. The van der Waals surface area contributed by atoms with Gasteiger partial charge in [-0.25, -0.2) is 4.98 Å². The minimum absolute atomic E-state index is 0.0863. The molecule has 0 saturated heterocycles. The van der Waals surface area contributed by atoms with E-state index in [-0.39, 0.29) is 23.0 Å². The summed E-state index contributed by atoms with van der Waals surface area (Å²) in [5, 5.41) is 0. The molecule has 1 aromatic heterocycles. The summed E-state index contributed by atoms with van der Waals surface area (Å²) in [4.78, 5) is 21.1. The van der Waals surface area contributed by atoms with Gasteiger partial charge in [0.15, 0.2) is 12.0 Å². The van der Waals surface area contributed by atoms with Gasteiger partial charge in [-0.15, -0.1) is 0 Å². The predicted molar refractivity (Wildman–Crippen MR) is 134 cm³/mol. The first-order valence-corrected chi connectivity index (χ1v) is 11.8. The van der Waals surface area contributed by atoms with Crippen molar-refractivity contribution in [1.29, 1.82) is 0 Å². The maximum atomic E-state index is 13.3. The lowest BCUT2D eigenvalue weighted by atomic mass is 10.1. The van der Waals surface area contributed by atoms with Crippen LogP contribution in [-0.2, 0) is 0 Å². The van der Waals surface area contributed by atoms with Gasteiger partial charge in [-0.2, -0.15) is 8.78 Å². The Morgan fingerprint density at radius 2 is 1.89 bits per heavy atom. The summed E-state index contributed by atoms with van der Waals surface area (Å²) in [5.41, 5.74) is 2.60. The summed E-state index contributed by atoms with van der Waals surface area (Å²) in [6, 6.07) is 10.1. The Labute approximate surface area is 205 Å². The molecule has 0 spiro atoms. The van der Waals surface area contributed by atoms with Crippen LogP contribution in [0, 0.1) is 11.8 Å². The normalized spacial score (nSPS) is 12.3. The zero-order valence-corrected chi connectivity index (χ0v) is 20.9. The smallest absolute Gasteiger partial charge is 0.387 e. The predicted octanol–water partition coefficient (Wildman–Crippen LogP) is 5.15. The van der Waals surface area contributed by atoms with Crippen LogP contribution < -0.4 is 4.74 Å². The van der Waals surface area contributed by atoms with Gasteiger partial charge in [-0.1, -0.05) is 38.7 Å². The Balaban J connectivity index is 2.29. The van der Waals surface area contributed by atoms with Crippen molar-refractivity contribution in [3.05, 3.63) is 53.3 Å². The molecule has 0 radical (unpaired) electrons. The molecule has 2 aromatic carbocycles. The Morgan fingerprint density at radius 1 is 1.14 bits per heavy atom. The second kappa shape index (κ2) is 11.9. The molecule has 1 atom stereocenters. The standard InChI is InChI=1S/C27H32F2N4O2/c1-6-22(31(4)5)26-30-21-15-14-19(11-10-16-32(7-2)8-3)17-23(21)33(26)25-20(18-34)12-9-13-24(25)35-27(28)29/h9,12-15,17-18,22,27H,6-8,16H2,1-5H3/t22-/m1/s1. The van der Waals surface area contributed by atoms with Crippen LogP contribution in [-0.4, -0.2) is 66.0 Å². The van der Waals surface area contributed by atoms with Gasteiger partial charge in [0.05, 0.1) is 23.6 Å². The van der Waals surface area contributed by atoms with E-state index in [4.69, 9.17) is 9.72 Å². The maximum absolute atomic E-state index is 13.3. The van der Waals surface area contributed by atoms with E-state index in [2.05, 4.69) is 30.6 Å². The van der Waals surface area contributed by atoms with E-state index in [0.717, 1.165) is 25.1 Å². The number of para-hydroxylation sites is 1. The number of benzene rings is 2. The highest BCUT2D eigenvalue weighted by Crippen LogP contribution is 2.35. The van der Waals surface area contributed by atoms with Crippen molar-refractivity contribution in [3.63, 3.8) is 0 Å². The second-order valence-electron chi connectivity index (χ2n) is 8.35. The summed E-state index contributed by atoms with van der Waals surface area (Å²) < 4.78 is 33.2. The molecule has 0 saturated carbocycles. The van der Waals surface area contributed by atoms with E-state index >= 15 is 0 Å². The number of alkyl halides is 2. The van der Waals surface area contributed by atoms with Gasteiger partial charge in [0.25, 0.3) is 0 Å². The number of hydrogen-bond donors (Lipinski definition) is 0. The van der Waals surface area contributed by atoms with Crippen molar-refractivity contribution in [2.45, 2.75) is 39.8 Å². The number of imidazole rings is 1. The van der Waals surface area contributed by atoms with E-state index < -0.39 is 6.61 Å². The third-order valence-electron chi connectivity index (χ3n) is 6.02. The van der Waals surface area contributed by atoms with Crippen LogP contribution >= 0.6 is 0 Å². The molecular formula is C27H32F2N4O2. The van der Waals surface area contributed by atoms with Gasteiger partial charge in [0.2, 0.25) is 0 Å². The highest BCUT2D eigenvalue weighted by molar-refractivity contribution is 5.87. The first kappa shape index (κ1) is 26.3. The van der Waals surface area contributed by atoms with Crippen molar-refractivity contribution in [2.75, 3.05) is 33.7 Å². The molecule has 3 rings (SSSR count). The SMILES string of the molecule is CC[C@H](c1nc2ccc(C#CCN(CC)CC)cc2n1-c1c(C=O)cccc1OC(F)F)N(C)C. The summed E-state index contributed by atoms with van der Waals surface area (Å²) in [7, 11) is 3.87. The van der Waals surface area contributed by atoms with Gasteiger partial charge < -0.3 is 4.74 Å².